The number of fused-ring (bicyclic) bond motifs is 1. The van der Waals surface area contributed by atoms with Gasteiger partial charge in [0.1, 0.15) is 12.1 Å². The van der Waals surface area contributed by atoms with Crippen LogP contribution in [0.1, 0.15) is 24.8 Å². The minimum atomic E-state index is 0.364. The molecule has 3 heterocycles. The summed E-state index contributed by atoms with van der Waals surface area (Å²) in [6, 6.07) is 3.99. The van der Waals surface area contributed by atoms with Crippen molar-refractivity contribution in [3.8, 4) is 5.75 Å². The van der Waals surface area contributed by atoms with E-state index < -0.39 is 0 Å². The van der Waals surface area contributed by atoms with Gasteiger partial charge in [-0.2, -0.15) is 0 Å². The summed E-state index contributed by atoms with van der Waals surface area (Å²) < 4.78 is 0. The molecule has 94 valence electrons. The first kappa shape index (κ1) is 11.4. The summed E-state index contributed by atoms with van der Waals surface area (Å²) in [7, 11) is 0. The van der Waals surface area contributed by atoms with E-state index in [0.717, 1.165) is 23.1 Å². The Morgan fingerprint density at radius 2 is 2.00 bits per heavy atom. The normalized spacial score (nSPS) is 17.1. The smallest absolute Gasteiger partial charge is 0.288 e. The molecule has 0 amide bonds. The third-order valence-electron chi connectivity index (χ3n) is 3.82. The third kappa shape index (κ3) is 2.16. The Hall–Kier alpha value is -1.68. The Balaban J connectivity index is 1.96. The van der Waals surface area contributed by atoms with Gasteiger partial charge in [0.05, 0.1) is 13.1 Å². The number of aromatic nitrogens is 2. The third-order valence-corrected chi connectivity index (χ3v) is 3.82. The molecule has 2 aromatic rings. The van der Waals surface area contributed by atoms with Gasteiger partial charge in [-0.1, -0.05) is 0 Å². The topological polar surface area (TPSA) is 53.0 Å². The number of quaternary nitrogens is 1. The largest absolute Gasteiger partial charge is 0.502 e. The number of likely N-dealkylation sites (tertiary alicyclic amines) is 1. The van der Waals surface area contributed by atoms with Crippen LogP contribution in [-0.4, -0.2) is 18.2 Å². The van der Waals surface area contributed by atoms with E-state index in [9.17, 15) is 5.11 Å². The molecule has 1 saturated heterocycles. The summed E-state index contributed by atoms with van der Waals surface area (Å²) in [6.07, 6.45) is 7.55. The number of pyridine rings is 2. The fourth-order valence-electron chi connectivity index (χ4n) is 2.83. The molecule has 18 heavy (non-hydrogen) atoms. The maximum atomic E-state index is 10.1. The standard InChI is InChI=1S/C14H17N3O/c18-13-9-16-12-5-4-6-15-14(12)11(13)10-17-7-2-1-3-8-17/h4-6,9,18H,1-3,7-8,10H2/p+3. The van der Waals surface area contributed by atoms with Crippen LogP contribution in [-0.2, 0) is 6.54 Å². The SMILES string of the molecule is Oc1c[nH+]c2ccc[nH+]c2c1C[NH+]1CCCCC1. The van der Waals surface area contributed by atoms with Gasteiger partial charge < -0.3 is 10.0 Å². The van der Waals surface area contributed by atoms with Gasteiger partial charge in [0.15, 0.2) is 11.9 Å². The Labute approximate surface area is 106 Å². The van der Waals surface area contributed by atoms with Crippen LogP contribution >= 0.6 is 0 Å². The van der Waals surface area contributed by atoms with Crippen molar-refractivity contribution in [2.45, 2.75) is 25.8 Å². The van der Waals surface area contributed by atoms with Crippen LogP contribution in [0, 0.1) is 0 Å². The zero-order valence-electron chi connectivity index (χ0n) is 10.5. The van der Waals surface area contributed by atoms with E-state index in [1.165, 1.54) is 32.4 Å². The van der Waals surface area contributed by atoms with E-state index in [4.69, 9.17) is 0 Å². The van der Waals surface area contributed by atoms with Crippen LogP contribution in [0.2, 0.25) is 0 Å². The lowest BCUT2D eigenvalue weighted by atomic mass is 10.1. The first-order valence-electron chi connectivity index (χ1n) is 6.71. The Kier molecular flexibility index (Phi) is 3.11. The highest BCUT2D eigenvalue weighted by Crippen LogP contribution is 2.18. The molecule has 0 bridgehead atoms. The molecule has 3 rings (SSSR count). The quantitative estimate of drug-likeness (QED) is 0.754. The Morgan fingerprint density at radius 1 is 1.17 bits per heavy atom. The number of hydrogen-bond donors (Lipinski definition) is 2. The van der Waals surface area contributed by atoms with E-state index in [2.05, 4.69) is 9.97 Å². The van der Waals surface area contributed by atoms with Gasteiger partial charge in [0.25, 0.3) is 11.0 Å². The molecule has 0 aromatic carbocycles. The predicted molar refractivity (Wildman–Crippen MR) is 67.0 cm³/mol. The predicted octanol–water partition coefficient (Wildman–Crippen LogP) is -0.258. The summed E-state index contributed by atoms with van der Waals surface area (Å²) in [5.74, 6) is 0.364. The average Bonchev–Trinajstić information content (AvgIpc) is 2.43. The van der Waals surface area contributed by atoms with E-state index >= 15 is 0 Å². The molecule has 1 aliphatic rings. The van der Waals surface area contributed by atoms with Crippen LogP contribution in [0.15, 0.2) is 24.5 Å². The molecular formula is C14H20N3O+3. The molecule has 0 spiro atoms. The molecule has 0 aliphatic carbocycles. The maximum absolute atomic E-state index is 10.1. The highest BCUT2D eigenvalue weighted by molar-refractivity contribution is 5.72. The number of H-pyrrole nitrogens is 2. The van der Waals surface area contributed by atoms with E-state index in [1.807, 2.05) is 18.3 Å². The van der Waals surface area contributed by atoms with Gasteiger partial charge in [-0.05, 0) is 19.3 Å². The van der Waals surface area contributed by atoms with Gasteiger partial charge in [0.2, 0.25) is 6.20 Å². The van der Waals surface area contributed by atoms with Crippen LogP contribution in [0.25, 0.3) is 11.0 Å². The molecular weight excluding hydrogens is 226 g/mol. The van der Waals surface area contributed by atoms with Crippen LogP contribution in [0.4, 0.5) is 0 Å². The maximum Gasteiger partial charge on any atom is 0.288 e. The average molecular weight is 246 g/mol. The Morgan fingerprint density at radius 3 is 2.83 bits per heavy atom. The summed E-state index contributed by atoms with van der Waals surface area (Å²) >= 11 is 0. The van der Waals surface area contributed by atoms with E-state index in [-0.39, 0.29) is 0 Å². The van der Waals surface area contributed by atoms with Gasteiger partial charge >= 0.3 is 0 Å². The molecule has 4 N–H and O–H groups in total. The van der Waals surface area contributed by atoms with Crippen molar-refractivity contribution in [2.24, 2.45) is 0 Å². The molecule has 0 unspecified atom stereocenters. The number of nitrogens with one attached hydrogen (secondary N) is 3. The van der Waals surface area contributed by atoms with Gasteiger partial charge in [-0.15, -0.1) is 0 Å². The van der Waals surface area contributed by atoms with Crippen molar-refractivity contribution in [1.82, 2.24) is 0 Å². The van der Waals surface area contributed by atoms with Crippen molar-refractivity contribution in [1.29, 1.82) is 0 Å². The second-order valence-electron chi connectivity index (χ2n) is 5.10. The van der Waals surface area contributed by atoms with Crippen LogP contribution in [0.3, 0.4) is 0 Å². The number of aromatic amines is 2. The number of rotatable bonds is 2. The second-order valence-corrected chi connectivity index (χ2v) is 5.10. The number of hydrogen-bond acceptors (Lipinski definition) is 1. The zero-order chi connectivity index (χ0) is 12.4. The van der Waals surface area contributed by atoms with Crippen molar-refractivity contribution < 1.29 is 20.0 Å². The minimum Gasteiger partial charge on any atom is -0.502 e. The lowest BCUT2D eigenvalue weighted by Crippen LogP contribution is -3.11. The summed E-state index contributed by atoms with van der Waals surface area (Å²) in [6.45, 7) is 3.33. The molecule has 0 radical (unpaired) electrons. The van der Waals surface area contributed by atoms with Gasteiger partial charge in [-0.3, -0.25) is 0 Å². The minimum absolute atomic E-state index is 0.364. The number of piperidine rings is 1. The summed E-state index contributed by atoms with van der Waals surface area (Å²) in [5.41, 5.74) is 3.10. The first-order valence-corrected chi connectivity index (χ1v) is 6.71. The molecule has 1 aliphatic heterocycles. The first-order chi connectivity index (χ1) is 8.84. The fourth-order valence-corrected chi connectivity index (χ4v) is 2.83. The van der Waals surface area contributed by atoms with Gasteiger partial charge in [0, 0.05) is 12.1 Å². The summed E-state index contributed by atoms with van der Waals surface area (Å²) in [5, 5.41) is 10.1. The van der Waals surface area contributed by atoms with Crippen LogP contribution in [0.5, 0.6) is 5.75 Å². The molecule has 1 fully saturated rings. The van der Waals surface area contributed by atoms with Crippen molar-refractivity contribution in [3.63, 3.8) is 0 Å². The fraction of sp³-hybridized carbons (Fsp3) is 0.429. The van der Waals surface area contributed by atoms with Gasteiger partial charge in [-0.25, -0.2) is 9.97 Å². The van der Waals surface area contributed by atoms with E-state index in [0.29, 0.717) is 5.75 Å². The lowest BCUT2D eigenvalue weighted by molar-refractivity contribution is -0.918. The molecule has 2 aromatic heterocycles. The zero-order valence-corrected chi connectivity index (χ0v) is 10.5. The molecule has 4 nitrogen and oxygen atoms in total. The monoisotopic (exact) mass is 246 g/mol. The molecule has 0 saturated carbocycles. The number of aromatic hydroxyl groups is 1. The lowest BCUT2D eigenvalue weighted by Gasteiger charge is -2.23. The van der Waals surface area contributed by atoms with Crippen molar-refractivity contribution in [2.75, 3.05) is 13.1 Å². The van der Waals surface area contributed by atoms with Crippen LogP contribution < -0.4 is 14.9 Å². The highest BCUT2D eigenvalue weighted by atomic mass is 16.3. The van der Waals surface area contributed by atoms with Crippen molar-refractivity contribution >= 4 is 11.0 Å². The second kappa shape index (κ2) is 4.90. The highest BCUT2D eigenvalue weighted by Gasteiger charge is 2.23. The molecule has 4 heteroatoms. The molecule has 0 atom stereocenters. The summed E-state index contributed by atoms with van der Waals surface area (Å²) in [4.78, 5) is 7.92. The van der Waals surface area contributed by atoms with E-state index in [1.54, 1.807) is 11.1 Å². The van der Waals surface area contributed by atoms with Crippen molar-refractivity contribution in [3.05, 3.63) is 30.1 Å². The Bertz CT molecular complexity index is 550.